The summed E-state index contributed by atoms with van der Waals surface area (Å²) >= 11 is 1.43. The van der Waals surface area contributed by atoms with Gasteiger partial charge in [-0.15, -0.1) is 0 Å². The first-order chi connectivity index (χ1) is 19.9. The van der Waals surface area contributed by atoms with Crippen molar-refractivity contribution in [2.45, 2.75) is 26.2 Å². The molecule has 3 aromatic carbocycles. The number of benzene rings is 3. The van der Waals surface area contributed by atoms with E-state index in [2.05, 4.69) is 15.3 Å². The van der Waals surface area contributed by atoms with Crippen LogP contribution in [0.1, 0.15) is 33.6 Å². The summed E-state index contributed by atoms with van der Waals surface area (Å²) < 4.78 is 6.84. The maximum atomic E-state index is 13.3. The van der Waals surface area contributed by atoms with Crippen LogP contribution in [0.5, 0.6) is 5.75 Å². The molecule has 0 fully saturated rings. The topological polar surface area (TPSA) is 105 Å². The molecule has 0 saturated carbocycles. The minimum absolute atomic E-state index is 0.144. The van der Waals surface area contributed by atoms with E-state index in [4.69, 9.17) is 4.74 Å². The van der Waals surface area contributed by atoms with Gasteiger partial charge in [-0.3, -0.25) is 10.2 Å². The largest absolute Gasteiger partial charge is 0.491 e. The number of urea groups is 1. The number of thiazole rings is 1. The van der Waals surface area contributed by atoms with Crippen molar-refractivity contribution in [3.63, 3.8) is 0 Å². The van der Waals surface area contributed by atoms with E-state index in [1.807, 2.05) is 73.7 Å². The molecule has 0 radical (unpaired) electrons. The molecule has 1 aliphatic rings. The quantitative estimate of drug-likeness (QED) is 0.221. The molecule has 1 aliphatic heterocycles. The number of hydrogen-bond donors (Lipinski definition) is 2. The molecular weight excluding hydrogens is 536 g/mol. The lowest BCUT2D eigenvalue weighted by Gasteiger charge is -2.29. The zero-order valence-electron chi connectivity index (χ0n) is 22.5. The van der Waals surface area contributed by atoms with Crippen LogP contribution in [-0.2, 0) is 12.8 Å². The first-order valence-corrected chi connectivity index (χ1v) is 14.3. The molecule has 41 heavy (non-hydrogen) atoms. The number of ether oxygens (including phenoxy) is 1. The Balaban J connectivity index is 1.22. The number of pyridine rings is 1. The summed E-state index contributed by atoms with van der Waals surface area (Å²) in [4.78, 5) is 36.1. The Morgan fingerprint density at radius 3 is 2.66 bits per heavy atom. The number of para-hydroxylation sites is 1. The highest BCUT2D eigenvalue weighted by atomic mass is 32.1. The molecule has 0 aliphatic carbocycles. The second kappa shape index (κ2) is 11.4. The van der Waals surface area contributed by atoms with Crippen LogP contribution in [0.15, 0.2) is 78.9 Å². The van der Waals surface area contributed by atoms with Gasteiger partial charge in [-0.25, -0.2) is 19.6 Å². The third-order valence-electron chi connectivity index (χ3n) is 7.08. The fourth-order valence-corrected chi connectivity index (χ4v) is 5.80. The van der Waals surface area contributed by atoms with Crippen molar-refractivity contribution in [3.05, 3.63) is 101 Å². The predicted molar refractivity (Wildman–Crippen MR) is 161 cm³/mol. The average molecular weight is 565 g/mol. The normalized spacial score (nSPS) is 12.7. The molecule has 0 bridgehead atoms. The number of carbonyl (C=O) groups excluding carboxylic acids is 1. The maximum Gasteiger partial charge on any atom is 0.358 e. The molecule has 0 atom stereocenters. The molecule has 2 amide bonds. The fourth-order valence-electron chi connectivity index (χ4n) is 4.94. The minimum Gasteiger partial charge on any atom is -0.491 e. The lowest BCUT2D eigenvalue weighted by molar-refractivity contribution is 0.0685. The first-order valence-electron chi connectivity index (χ1n) is 13.4. The van der Waals surface area contributed by atoms with Gasteiger partial charge >= 0.3 is 12.0 Å². The summed E-state index contributed by atoms with van der Waals surface area (Å²) in [5.41, 5.74) is 6.04. The van der Waals surface area contributed by atoms with Crippen molar-refractivity contribution in [2.75, 3.05) is 23.4 Å². The van der Waals surface area contributed by atoms with E-state index in [1.165, 1.54) is 16.9 Å². The minimum atomic E-state index is -1.16. The van der Waals surface area contributed by atoms with E-state index in [0.717, 1.165) is 45.4 Å². The van der Waals surface area contributed by atoms with Gasteiger partial charge in [0.05, 0.1) is 22.5 Å². The molecule has 9 heteroatoms. The lowest BCUT2D eigenvalue weighted by atomic mass is 9.98. The van der Waals surface area contributed by atoms with E-state index >= 15 is 0 Å². The highest BCUT2D eigenvalue weighted by Crippen LogP contribution is 2.34. The molecular formula is C32H28N4O4S. The number of anilines is 2. The van der Waals surface area contributed by atoms with Gasteiger partial charge in [-0.2, -0.15) is 0 Å². The number of nitrogens with zero attached hydrogens (tertiary/aromatic N) is 3. The Morgan fingerprint density at radius 1 is 1.02 bits per heavy atom. The molecule has 0 saturated heterocycles. The molecule has 5 aromatic rings. The van der Waals surface area contributed by atoms with E-state index in [-0.39, 0.29) is 17.5 Å². The molecule has 2 aromatic heterocycles. The van der Waals surface area contributed by atoms with Gasteiger partial charge in [-0.05, 0) is 61.2 Å². The van der Waals surface area contributed by atoms with E-state index in [0.29, 0.717) is 30.4 Å². The first kappa shape index (κ1) is 26.5. The molecule has 8 nitrogen and oxygen atoms in total. The van der Waals surface area contributed by atoms with E-state index < -0.39 is 5.97 Å². The SMILES string of the molecule is Cc1ccc(CCOc2ccc(-c3ccc4c(c3)N(C(=O)Nc3nc5ccccc5s3)CCC4)nc2C(=O)O)cc1. The summed E-state index contributed by atoms with van der Waals surface area (Å²) in [5.74, 6) is -0.935. The van der Waals surface area contributed by atoms with Crippen LogP contribution in [-0.4, -0.2) is 40.2 Å². The Bertz CT molecular complexity index is 1720. The third kappa shape index (κ3) is 5.76. The van der Waals surface area contributed by atoms with Crippen molar-refractivity contribution in [3.8, 4) is 17.0 Å². The lowest BCUT2D eigenvalue weighted by Crippen LogP contribution is -2.38. The van der Waals surface area contributed by atoms with Gasteiger partial charge in [0.25, 0.3) is 0 Å². The Hall–Kier alpha value is -4.76. The van der Waals surface area contributed by atoms with E-state index in [9.17, 15) is 14.7 Å². The van der Waals surface area contributed by atoms with Gasteiger partial charge in [0.1, 0.15) is 0 Å². The van der Waals surface area contributed by atoms with Gasteiger partial charge in [0.15, 0.2) is 16.6 Å². The van der Waals surface area contributed by atoms with Crippen molar-refractivity contribution in [1.29, 1.82) is 0 Å². The second-order valence-corrected chi connectivity index (χ2v) is 11.0. The van der Waals surface area contributed by atoms with Crippen LogP contribution in [0.25, 0.3) is 21.5 Å². The highest BCUT2D eigenvalue weighted by Gasteiger charge is 2.25. The standard InChI is InChI=1S/C32H28N4O4S/c1-20-8-10-21(11-9-20)16-18-40-27-15-14-24(33-29(27)30(37)38)23-13-12-22-5-4-17-36(26(22)19-23)32(39)35-31-34-25-6-2-3-7-28(25)41-31/h2-3,6-15,19H,4-5,16-18H2,1H3,(H,37,38)(H,34,35,39). The van der Waals surface area contributed by atoms with Crippen LogP contribution in [0.3, 0.4) is 0 Å². The van der Waals surface area contributed by atoms with E-state index in [1.54, 1.807) is 17.0 Å². The molecule has 206 valence electrons. The average Bonchev–Trinajstić information content (AvgIpc) is 3.40. The van der Waals surface area contributed by atoms with Crippen LogP contribution in [0, 0.1) is 6.92 Å². The zero-order valence-corrected chi connectivity index (χ0v) is 23.3. The van der Waals surface area contributed by atoms with Crippen molar-refractivity contribution in [2.24, 2.45) is 0 Å². The zero-order chi connectivity index (χ0) is 28.3. The van der Waals surface area contributed by atoms with Gasteiger partial charge < -0.3 is 9.84 Å². The Kier molecular flexibility index (Phi) is 7.35. The maximum absolute atomic E-state index is 13.3. The highest BCUT2D eigenvalue weighted by molar-refractivity contribution is 7.22. The number of carbonyl (C=O) groups is 2. The number of nitrogens with one attached hydrogen (secondary N) is 1. The summed E-state index contributed by atoms with van der Waals surface area (Å²) in [5, 5.41) is 13.4. The van der Waals surface area contributed by atoms with Crippen molar-refractivity contribution in [1.82, 2.24) is 9.97 Å². The Morgan fingerprint density at radius 2 is 1.85 bits per heavy atom. The van der Waals surface area contributed by atoms with Gasteiger partial charge in [0.2, 0.25) is 0 Å². The third-order valence-corrected chi connectivity index (χ3v) is 8.03. The molecule has 0 unspecified atom stereocenters. The number of aromatic nitrogens is 2. The van der Waals surface area contributed by atoms with Crippen LogP contribution >= 0.6 is 11.3 Å². The number of carboxylic acids is 1. The summed E-state index contributed by atoms with van der Waals surface area (Å²) in [6.45, 7) is 2.93. The Labute approximate surface area is 241 Å². The second-order valence-electron chi connectivity index (χ2n) is 9.95. The molecule has 2 N–H and O–H groups in total. The number of aryl methyl sites for hydroxylation is 2. The van der Waals surface area contributed by atoms with Gasteiger partial charge in [-0.1, -0.05) is 65.4 Å². The van der Waals surface area contributed by atoms with Crippen LogP contribution in [0.4, 0.5) is 15.6 Å². The van der Waals surface area contributed by atoms with Gasteiger partial charge in [0, 0.05) is 24.2 Å². The van der Waals surface area contributed by atoms with Crippen LogP contribution < -0.4 is 15.0 Å². The number of carboxylic acid groups (broad SMARTS) is 1. The van der Waals surface area contributed by atoms with Crippen molar-refractivity contribution < 1.29 is 19.4 Å². The summed E-state index contributed by atoms with van der Waals surface area (Å²) in [7, 11) is 0. The molecule has 6 rings (SSSR count). The summed E-state index contributed by atoms with van der Waals surface area (Å²) in [6, 6.07) is 24.9. The molecule has 0 spiro atoms. The fraction of sp³-hybridized carbons (Fsp3) is 0.188. The number of amides is 2. The van der Waals surface area contributed by atoms with Crippen LogP contribution in [0.2, 0.25) is 0 Å². The number of fused-ring (bicyclic) bond motifs is 2. The number of rotatable bonds is 7. The number of aromatic carboxylic acids is 1. The molecule has 3 heterocycles. The smallest absolute Gasteiger partial charge is 0.358 e. The predicted octanol–water partition coefficient (Wildman–Crippen LogP) is 6.97. The monoisotopic (exact) mass is 564 g/mol. The number of hydrogen-bond acceptors (Lipinski definition) is 6. The summed E-state index contributed by atoms with van der Waals surface area (Å²) in [6.07, 6.45) is 2.35. The van der Waals surface area contributed by atoms with Crippen molar-refractivity contribution >= 4 is 44.4 Å².